The molecule has 1 aliphatic rings. The van der Waals surface area contributed by atoms with Gasteiger partial charge in [0.15, 0.2) is 0 Å². The van der Waals surface area contributed by atoms with E-state index in [-0.39, 0.29) is 6.03 Å². The molecule has 20 heavy (non-hydrogen) atoms. The molecule has 1 fully saturated rings. The third-order valence-corrected chi connectivity index (χ3v) is 3.84. The minimum absolute atomic E-state index is 0.0196. The lowest BCUT2D eigenvalue weighted by Crippen LogP contribution is -2.46. The molecule has 4 heteroatoms. The van der Waals surface area contributed by atoms with Crippen LogP contribution in [0.5, 0.6) is 0 Å². The Balaban J connectivity index is 1.91. The molecule has 0 saturated heterocycles. The Morgan fingerprint density at radius 2 is 1.90 bits per heavy atom. The van der Waals surface area contributed by atoms with Crippen LogP contribution >= 0.6 is 0 Å². The van der Waals surface area contributed by atoms with Gasteiger partial charge in [0.25, 0.3) is 0 Å². The Hall–Kier alpha value is -1.55. The molecule has 0 unspecified atom stereocenters. The molecule has 1 aromatic carbocycles. The predicted molar refractivity (Wildman–Crippen MR) is 81.3 cm³/mol. The third kappa shape index (κ3) is 4.53. The molecule has 0 radical (unpaired) electrons. The van der Waals surface area contributed by atoms with Gasteiger partial charge in [0, 0.05) is 25.7 Å². The van der Waals surface area contributed by atoms with Crippen LogP contribution in [0.15, 0.2) is 30.3 Å². The van der Waals surface area contributed by atoms with Gasteiger partial charge in [-0.2, -0.15) is 0 Å². The fraction of sp³-hybridized carbons (Fsp3) is 0.562. The van der Waals surface area contributed by atoms with Crippen molar-refractivity contribution in [3.63, 3.8) is 0 Å². The topological polar surface area (TPSA) is 58.4 Å². The van der Waals surface area contributed by atoms with Gasteiger partial charge in [-0.25, -0.2) is 4.79 Å². The molecule has 0 aromatic heterocycles. The lowest BCUT2D eigenvalue weighted by atomic mass is 9.96. The number of nitrogens with one attached hydrogen (secondary N) is 1. The van der Waals surface area contributed by atoms with Gasteiger partial charge in [-0.05, 0) is 18.4 Å². The average Bonchev–Trinajstić information content (AvgIpc) is 2.49. The molecule has 0 bridgehead atoms. The standard InChI is InChI=1S/C16H25N3O/c17-11-12-19(13-14-7-3-1-4-8-14)16(20)18-15-9-5-2-6-10-15/h1,3-4,7-8,15H,2,5-6,9-13,17H2,(H,18,20). The maximum atomic E-state index is 12.4. The molecule has 0 atom stereocenters. The summed E-state index contributed by atoms with van der Waals surface area (Å²) >= 11 is 0. The maximum Gasteiger partial charge on any atom is 0.317 e. The van der Waals surface area contributed by atoms with E-state index in [1.807, 2.05) is 35.2 Å². The van der Waals surface area contributed by atoms with E-state index < -0.39 is 0 Å². The first-order valence-electron chi connectivity index (χ1n) is 7.59. The van der Waals surface area contributed by atoms with E-state index in [2.05, 4.69) is 5.32 Å². The quantitative estimate of drug-likeness (QED) is 0.867. The maximum absolute atomic E-state index is 12.4. The largest absolute Gasteiger partial charge is 0.335 e. The van der Waals surface area contributed by atoms with Gasteiger partial charge < -0.3 is 16.0 Å². The second-order valence-corrected chi connectivity index (χ2v) is 5.48. The molecule has 1 aliphatic carbocycles. The van der Waals surface area contributed by atoms with E-state index in [1.54, 1.807) is 0 Å². The van der Waals surface area contributed by atoms with E-state index in [4.69, 9.17) is 5.73 Å². The number of carbonyl (C=O) groups is 1. The van der Waals surface area contributed by atoms with E-state index in [1.165, 1.54) is 19.3 Å². The summed E-state index contributed by atoms with van der Waals surface area (Å²) in [5.74, 6) is 0. The number of amides is 2. The van der Waals surface area contributed by atoms with Crippen molar-refractivity contribution in [3.8, 4) is 0 Å². The summed E-state index contributed by atoms with van der Waals surface area (Å²) in [5.41, 5.74) is 6.77. The van der Waals surface area contributed by atoms with Crippen molar-refractivity contribution in [1.82, 2.24) is 10.2 Å². The Morgan fingerprint density at radius 3 is 2.55 bits per heavy atom. The highest BCUT2D eigenvalue weighted by Gasteiger charge is 2.19. The van der Waals surface area contributed by atoms with Crippen LogP contribution in [0.4, 0.5) is 4.79 Å². The zero-order valence-electron chi connectivity index (χ0n) is 12.1. The van der Waals surface area contributed by atoms with Gasteiger partial charge in [0.2, 0.25) is 0 Å². The number of benzene rings is 1. The third-order valence-electron chi connectivity index (χ3n) is 3.84. The average molecular weight is 275 g/mol. The second kappa shape index (κ2) is 7.90. The summed E-state index contributed by atoms with van der Waals surface area (Å²) in [6.07, 6.45) is 5.95. The van der Waals surface area contributed by atoms with Crippen LogP contribution < -0.4 is 11.1 Å². The van der Waals surface area contributed by atoms with E-state index in [0.717, 1.165) is 18.4 Å². The van der Waals surface area contributed by atoms with Crippen LogP contribution in [0.2, 0.25) is 0 Å². The van der Waals surface area contributed by atoms with Crippen LogP contribution in [0, 0.1) is 0 Å². The van der Waals surface area contributed by atoms with Crippen LogP contribution in [0.3, 0.4) is 0 Å². The predicted octanol–water partition coefficient (Wildman–Crippen LogP) is 2.49. The van der Waals surface area contributed by atoms with E-state index in [9.17, 15) is 4.79 Å². The fourth-order valence-corrected chi connectivity index (χ4v) is 2.72. The van der Waals surface area contributed by atoms with Crippen molar-refractivity contribution in [2.75, 3.05) is 13.1 Å². The molecular weight excluding hydrogens is 250 g/mol. The van der Waals surface area contributed by atoms with Crippen molar-refractivity contribution in [3.05, 3.63) is 35.9 Å². The molecule has 3 N–H and O–H groups in total. The first kappa shape index (κ1) is 14.9. The second-order valence-electron chi connectivity index (χ2n) is 5.48. The highest BCUT2D eigenvalue weighted by molar-refractivity contribution is 5.74. The van der Waals surface area contributed by atoms with E-state index >= 15 is 0 Å². The number of nitrogens with zero attached hydrogens (tertiary/aromatic N) is 1. The number of hydrogen-bond donors (Lipinski definition) is 2. The van der Waals surface area contributed by atoms with Gasteiger partial charge in [-0.3, -0.25) is 0 Å². The van der Waals surface area contributed by atoms with Crippen LogP contribution in [0.25, 0.3) is 0 Å². The Kier molecular flexibility index (Phi) is 5.87. The molecule has 2 rings (SSSR count). The molecule has 1 aromatic rings. The molecule has 2 amide bonds. The summed E-state index contributed by atoms with van der Waals surface area (Å²) in [7, 11) is 0. The van der Waals surface area contributed by atoms with Gasteiger partial charge >= 0.3 is 6.03 Å². The Labute approximate surface area is 121 Å². The zero-order chi connectivity index (χ0) is 14.2. The van der Waals surface area contributed by atoms with Crippen LogP contribution in [0.1, 0.15) is 37.7 Å². The van der Waals surface area contributed by atoms with Crippen molar-refractivity contribution in [1.29, 1.82) is 0 Å². The minimum Gasteiger partial charge on any atom is -0.335 e. The van der Waals surface area contributed by atoms with Crippen LogP contribution in [-0.2, 0) is 6.54 Å². The van der Waals surface area contributed by atoms with E-state index in [0.29, 0.717) is 25.7 Å². The number of rotatable bonds is 5. The number of hydrogen-bond acceptors (Lipinski definition) is 2. The van der Waals surface area contributed by atoms with Crippen molar-refractivity contribution in [2.45, 2.75) is 44.7 Å². The molecule has 110 valence electrons. The first-order valence-corrected chi connectivity index (χ1v) is 7.59. The summed E-state index contributed by atoms with van der Waals surface area (Å²) in [6.45, 7) is 1.70. The lowest BCUT2D eigenvalue weighted by Gasteiger charge is -2.28. The smallest absolute Gasteiger partial charge is 0.317 e. The number of nitrogens with two attached hydrogens (primary N) is 1. The van der Waals surface area contributed by atoms with Crippen molar-refractivity contribution < 1.29 is 4.79 Å². The molecular formula is C16H25N3O. The molecule has 4 nitrogen and oxygen atoms in total. The van der Waals surface area contributed by atoms with Gasteiger partial charge in [-0.15, -0.1) is 0 Å². The monoisotopic (exact) mass is 275 g/mol. The molecule has 1 saturated carbocycles. The van der Waals surface area contributed by atoms with Gasteiger partial charge in [-0.1, -0.05) is 49.6 Å². The zero-order valence-corrected chi connectivity index (χ0v) is 12.1. The summed E-state index contributed by atoms with van der Waals surface area (Å²) in [4.78, 5) is 14.2. The Bertz CT molecular complexity index is 401. The van der Waals surface area contributed by atoms with Crippen LogP contribution in [-0.4, -0.2) is 30.1 Å². The normalized spacial score (nSPS) is 15.8. The molecule has 0 spiro atoms. The minimum atomic E-state index is 0.0196. The summed E-state index contributed by atoms with van der Waals surface area (Å²) < 4.78 is 0. The SMILES string of the molecule is NCCN(Cc1ccccc1)C(=O)NC1CCCCC1. The molecule has 0 aliphatic heterocycles. The molecule has 0 heterocycles. The van der Waals surface area contributed by atoms with Crippen molar-refractivity contribution in [2.24, 2.45) is 5.73 Å². The fourth-order valence-electron chi connectivity index (χ4n) is 2.72. The number of urea groups is 1. The van der Waals surface area contributed by atoms with Gasteiger partial charge in [0.1, 0.15) is 0 Å². The van der Waals surface area contributed by atoms with Crippen molar-refractivity contribution >= 4 is 6.03 Å². The number of carbonyl (C=O) groups excluding carboxylic acids is 1. The van der Waals surface area contributed by atoms with Gasteiger partial charge in [0.05, 0.1) is 0 Å². The first-order chi connectivity index (χ1) is 9.79. The highest BCUT2D eigenvalue weighted by atomic mass is 16.2. The Morgan fingerprint density at radius 1 is 1.20 bits per heavy atom. The summed E-state index contributed by atoms with van der Waals surface area (Å²) in [5, 5.41) is 3.16. The lowest BCUT2D eigenvalue weighted by molar-refractivity contribution is 0.189. The highest BCUT2D eigenvalue weighted by Crippen LogP contribution is 2.17. The summed E-state index contributed by atoms with van der Waals surface area (Å²) in [6, 6.07) is 10.4.